The minimum Gasteiger partial charge on any atom is -0.490 e. The van der Waals surface area contributed by atoms with Crippen LogP contribution in [0, 0.1) is 11.9 Å². The van der Waals surface area contributed by atoms with Crippen LogP contribution in [0.15, 0.2) is 41.5 Å². The van der Waals surface area contributed by atoms with Crippen LogP contribution < -0.4 is 10.5 Å². The van der Waals surface area contributed by atoms with E-state index in [1.807, 2.05) is 0 Å². The van der Waals surface area contributed by atoms with Gasteiger partial charge in [0.2, 0.25) is 5.95 Å². The van der Waals surface area contributed by atoms with Crippen molar-refractivity contribution in [2.45, 2.75) is 37.0 Å². The summed E-state index contributed by atoms with van der Waals surface area (Å²) in [5.74, 6) is -0.424. The van der Waals surface area contributed by atoms with Gasteiger partial charge in [-0.3, -0.25) is 9.69 Å². The molecule has 1 saturated carbocycles. The topological polar surface area (TPSA) is 101 Å². The fraction of sp³-hybridized carbons (Fsp3) is 0.381. The zero-order chi connectivity index (χ0) is 20.3. The zero-order valence-electron chi connectivity index (χ0n) is 15.9. The van der Waals surface area contributed by atoms with Gasteiger partial charge in [0.25, 0.3) is 5.91 Å². The molecule has 1 amide bonds. The summed E-state index contributed by atoms with van der Waals surface area (Å²) in [5, 5.41) is 10.1. The largest absolute Gasteiger partial charge is 0.490 e. The molecule has 1 spiro atoms. The third kappa shape index (κ3) is 2.48. The second kappa shape index (κ2) is 6.25. The summed E-state index contributed by atoms with van der Waals surface area (Å²) in [6.07, 6.45) is 2.13. The van der Waals surface area contributed by atoms with E-state index in [0.29, 0.717) is 41.7 Å². The van der Waals surface area contributed by atoms with Crippen LogP contribution in [-0.2, 0) is 10.3 Å². The Hall–Kier alpha value is -3.00. The molecule has 3 N–H and O–H groups in total. The molecular weight excluding hydrogens is 375 g/mol. The summed E-state index contributed by atoms with van der Waals surface area (Å²) in [7, 11) is 1.60. The number of ether oxygens (including phenoxy) is 1. The molecule has 1 aromatic heterocycles. The first-order valence-electron chi connectivity index (χ1n) is 9.65. The molecule has 150 valence electrons. The molecule has 3 unspecified atom stereocenters. The van der Waals surface area contributed by atoms with Crippen molar-refractivity contribution in [3.63, 3.8) is 0 Å². The van der Waals surface area contributed by atoms with Crippen molar-refractivity contribution in [2.75, 3.05) is 7.05 Å². The quantitative estimate of drug-likeness (QED) is 0.716. The molecule has 0 bridgehead atoms. The standard InChI is InChI=1S/C21H21FN4O3/c1-26-19(28)21(25-20(26)23)14-6-5-12(27)10-17(14)29-16-7-4-11(9-15(16)21)13-3-2-8-24-18(13)22/h2-4,7-9,12,14,17,27H,5-6,10H2,1H3,(H2,23,25)/t12?,14?,17-,21?/m0/s1. The van der Waals surface area contributed by atoms with E-state index in [1.54, 1.807) is 37.4 Å². The molecule has 1 aromatic carbocycles. The third-order valence-corrected chi connectivity index (χ3v) is 6.30. The van der Waals surface area contributed by atoms with Crippen molar-refractivity contribution in [3.8, 4) is 16.9 Å². The second-order valence-corrected chi connectivity index (χ2v) is 7.88. The highest BCUT2D eigenvalue weighted by molar-refractivity contribution is 6.07. The Morgan fingerprint density at radius 2 is 2.17 bits per heavy atom. The minimum absolute atomic E-state index is 0.144. The van der Waals surface area contributed by atoms with E-state index in [9.17, 15) is 14.3 Å². The predicted molar refractivity (Wildman–Crippen MR) is 103 cm³/mol. The smallest absolute Gasteiger partial charge is 0.262 e. The van der Waals surface area contributed by atoms with E-state index in [4.69, 9.17) is 10.5 Å². The van der Waals surface area contributed by atoms with Crippen LogP contribution in [0.5, 0.6) is 5.75 Å². The molecule has 0 radical (unpaired) electrons. The highest BCUT2D eigenvalue weighted by Crippen LogP contribution is 2.53. The first kappa shape index (κ1) is 18.1. The van der Waals surface area contributed by atoms with E-state index in [-0.39, 0.29) is 23.9 Å². The Labute approximate surface area is 167 Å². The van der Waals surface area contributed by atoms with Gasteiger partial charge in [0.1, 0.15) is 11.9 Å². The van der Waals surface area contributed by atoms with Crippen molar-refractivity contribution in [2.24, 2.45) is 16.6 Å². The van der Waals surface area contributed by atoms with E-state index in [0.717, 1.165) is 0 Å². The van der Waals surface area contributed by atoms with Gasteiger partial charge in [0.15, 0.2) is 11.5 Å². The number of carbonyl (C=O) groups excluding carboxylic acids is 1. The number of nitrogens with two attached hydrogens (primary N) is 1. The summed E-state index contributed by atoms with van der Waals surface area (Å²) in [6, 6.07) is 8.52. The highest BCUT2D eigenvalue weighted by Gasteiger charge is 2.60. The number of pyridine rings is 1. The molecule has 29 heavy (non-hydrogen) atoms. The number of likely N-dealkylation sites (N-methyl/N-ethyl adjacent to an activating group) is 1. The number of carbonyl (C=O) groups is 1. The molecule has 8 heteroatoms. The number of fused-ring (bicyclic) bond motifs is 4. The minimum atomic E-state index is -1.23. The Morgan fingerprint density at radius 3 is 2.90 bits per heavy atom. The van der Waals surface area contributed by atoms with Crippen LogP contribution in [0.1, 0.15) is 24.8 Å². The van der Waals surface area contributed by atoms with E-state index in [2.05, 4.69) is 9.98 Å². The molecule has 1 fully saturated rings. The average Bonchev–Trinajstić information content (AvgIpc) is 2.93. The Bertz CT molecular complexity index is 1040. The summed E-state index contributed by atoms with van der Waals surface area (Å²) in [6.45, 7) is 0. The van der Waals surface area contributed by atoms with Crippen LogP contribution >= 0.6 is 0 Å². The number of aromatic nitrogens is 1. The van der Waals surface area contributed by atoms with Crippen LogP contribution in [0.3, 0.4) is 0 Å². The average molecular weight is 396 g/mol. The van der Waals surface area contributed by atoms with Gasteiger partial charge < -0.3 is 15.6 Å². The van der Waals surface area contributed by atoms with Crippen LogP contribution in [0.25, 0.3) is 11.1 Å². The molecule has 5 rings (SSSR count). The molecule has 7 nitrogen and oxygen atoms in total. The Kier molecular flexibility index (Phi) is 3.89. The number of hydrogen-bond acceptors (Lipinski definition) is 6. The molecule has 3 heterocycles. The van der Waals surface area contributed by atoms with Gasteiger partial charge in [-0.15, -0.1) is 0 Å². The number of guanidine groups is 1. The maximum atomic E-state index is 14.3. The number of aliphatic hydroxyl groups is 1. The normalized spacial score (nSPS) is 30.6. The Balaban J connectivity index is 1.73. The maximum absolute atomic E-state index is 14.3. The van der Waals surface area contributed by atoms with Crippen LogP contribution in [0.4, 0.5) is 4.39 Å². The van der Waals surface area contributed by atoms with Crippen molar-refractivity contribution in [3.05, 3.63) is 48.0 Å². The van der Waals surface area contributed by atoms with Crippen molar-refractivity contribution < 1.29 is 19.0 Å². The van der Waals surface area contributed by atoms with Gasteiger partial charge in [-0.2, -0.15) is 4.39 Å². The fourth-order valence-electron chi connectivity index (χ4n) is 4.86. The predicted octanol–water partition coefficient (Wildman–Crippen LogP) is 1.79. The molecule has 0 saturated heterocycles. The summed E-state index contributed by atoms with van der Waals surface area (Å²) >= 11 is 0. The third-order valence-electron chi connectivity index (χ3n) is 6.30. The SMILES string of the molecule is CN1C(=O)C2(N=C1N)c1cc(-c3cccnc3F)ccc1O[C@H]1CC(O)CCC12. The van der Waals surface area contributed by atoms with Gasteiger partial charge in [-0.1, -0.05) is 6.07 Å². The molecular formula is C21H21FN4O3. The van der Waals surface area contributed by atoms with Crippen molar-refractivity contribution in [1.29, 1.82) is 0 Å². The lowest BCUT2D eigenvalue weighted by molar-refractivity contribution is -0.138. The lowest BCUT2D eigenvalue weighted by Gasteiger charge is -2.46. The molecule has 3 aliphatic rings. The monoisotopic (exact) mass is 396 g/mol. The number of aliphatic imine (C=N–C) groups is 1. The van der Waals surface area contributed by atoms with Gasteiger partial charge in [0, 0.05) is 36.7 Å². The van der Waals surface area contributed by atoms with E-state index < -0.39 is 17.6 Å². The van der Waals surface area contributed by atoms with Gasteiger partial charge in [-0.05, 0) is 42.7 Å². The number of rotatable bonds is 1. The lowest BCUT2D eigenvalue weighted by Crippen LogP contribution is -2.55. The molecule has 2 aliphatic heterocycles. The number of amides is 1. The number of nitrogens with zero attached hydrogens (tertiary/aromatic N) is 3. The molecule has 4 atom stereocenters. The van der Waals surface area contributed by atoms with Crippen molar-refractivity contribution in [1.82, 2.24) is 9.88 Å². The van der Waals surface area contributed by atoms with Gasteiger partial charge >= 0.3 is 0 Å². The first-order chi connectivity index (χ1) is 13.9. The zero-order valence-corrected chi connectivity index (χ0v) is 15.9. The second-order valence-electron chi connectivity index (χ2n) is 7.88. The first-order valence-corrected chi connectivity index (χ1v) is 9.65. The van der Waals surface area contributed by atoms with Crippen LogP contribution in [-0.4, -0.2) is 46.1 Å². The van der Waals surface area contributed by atoms with Crippen LogP contribution in [0.2, 0.25) is 0 Å². The maximum Gasteiger partial charge on any atom is 0.262 e. The Morgan fingerprint density at radius 1 is 1.34 bits per heavy atom. The van der Waals surface area contributed by atoms with Gasteiger partial charge in [0.05, 0.1) is 6.10 Å². The van der Waals surface area contributed by atoms with E-state index >= 15 is 0 Å². The summed E-state index contributed by atoms with van der Waals surface area (Å²) in [4.78, 5) is 23.2. The number of benzene rings is 1. The summed E-state index contributed by atoms with van der Waals surface area (Å²) in [5.41, 5.74) is 6.32. The lowest BCUT2D eigenvalue weighted by atomic mass is 9.67. The number of hydrogen-bond donors (Lipinski definition) is 2. The fourth-order valence-corrected chi connectivity index (χ4v) is 4.86. The highest BCUT2D eigenvalue weighted by atomic mass is 19.1. The number of halogens is 1. The van der Waals surface area contributed by atoms with E-state index in [1.165, 1.54) is 11.1 Å². The summed E-state index contributed by atoms with van der Waals surface area (Å²) < 4.78 is 20.5. The van der Waals surface area contributed by atoms with Gasteiger partial charge in [-0.25, -0.2) is 9.98 Å². The molecule has 1 aliphatic carbocycles. The van der Waals surface area contributed by atoms with Crippen molar-refractivity contribution >= 4 is 11.9 Å². The molecule has 2 aromatic rings. The number of aliphatic hydroxyl groups excluding tert-OH is 1.